The average molecular weight is 681 g/mol. The van der Waals surface area contributed by atoms with Crippen molar-refractivity contribution in [1.29, 1.82) is 0 Å². The number of esters is 1. The monoisotopic (exact) mass is 680 g/mol. The number of cyclic esters (lactones) is 1. The van der Waals surface area contributed by atoms with Gasteiger partial charge < -0.3 is 29.2 Å². The zero-order valence-corrected chi connectivity index (χ0v) is 28.2. The molecule has 2 aromatic rings. The largest absolute Gasteiger partial charge is 0.460 e. The summed E-state index contributed by atoms with van der Waals surface area (Å²) < 4.78 is 18.3. The number of oxazole rings is 1. The number of nitrogens with zero attached hydrogens (tertiary/aromatic N) is 4. The number of ether oxygens (including phenoxy) is 2. The third kappa shape index (κ3) is 11.0. The second-order valence-electron chi connectivity index (χ2n) is 12.3. The van der Waals surface area contributed by atoms with Gasteiger partial charge in [0.25, 0.3) is 5.91 Å². The van der Waals surface area contributed by atoms with Crippen LogP contribution in [0.1, 0.15) is 62.8 Å². The summed E-state index contributed by atoms with van der Waals surface area (Å²) in [7, 11) is 1.72. The van der Waals surface area contributed by atoms with Gasteiger partial charge in [-0.2, -0.15) is 5.10 Å². The normalized spacial score (nSPS) is 26.1. The molecule has 15 nitrogen and oxygen atoms in total. The van der Waals surface area contributed by atoms with Crippen LogP contribution in [0, 0.1) is 11.8 Å². The summed E-state index contributed by atoms with van der Waals surface area (Å²) in [6.45, 7) is 5.94. The lowest BCUT2D eigenvalue weighted by Crippen LogP contribution is -2.44. The molecule has 2 aromatic heterocycles. The predicted molar refractivity (Wildman–Crippen MR) is 176 cm³/mol. The number of carbonyl (C=O) groups excluding carboxylic acids is 5. The number of allylic oxidation sites excluding steroid dienone is 2. The first-order chi connectivity index (χ1) is 23.4. The molecule has 2 aliphatic rings. The summed E-state index contributed by atoms with van der Waals surface area (Å²) in [5.74, 6) is -2.24. The van der Waals surface area contributed by atoms with Crippen LogP contribution >= 0.6 is 0 Å². The fourth-order valence-corrected chi connectivity index (χ4v) is 5.67. The van der Waals surface area contributed by atoms with Crippen molar-refractivity contribution in [3.05, 3.63) is 66.1 Å². The van der Waals surface area contributed by atoms with Crippen molar-refractivity contribution in [2.45, 2.75) is 71.1 Å². The van der Waals surface area contributed by atoms with Gasteiger partial charge in [-0.15, -0.1) is 0 Å². The molecule has 2 aliphatic heterocycles. The molecular formula is C34H44N6O9. The zero-order chi connectivity index (χ0) is 35.5. The van der Waals surface area contributed by atoms with Crippen LogP contribution in [0.5, 0.6) is 0 Å². The van der Waals surface area contributed by atoms with Crippen LogP contribution in [0.4, 0.5) is 10.6 Å². The van der Waals surface area contributed by atoms with Crippen molar-refractivity contribution in [3.8, 4) is 0 Å². The van der Waals surface area contributed by atoms with E-state index in [1.165, 1.54) is 21.7 Å². The van der Waals surface area contributed by atoms with Gasteiger partial charge in [0.1, 0.15) is 24.2 Å². The Labute approximate surface area is 284 Å². The quantitative estimate of drug-likeness (QED) is 0.393. The van der Waals surface area contributed by atoms with Gasteiger partial charge in [-0.25, -0.2) is 14.6 Å². The number of fused-ring (bicyclic) bond motifs is 3. The average Bonchev–Trinajstić information content (AvgIpc) is 3.81. The molecule has 0 aromatic carbocycles. The Morgan fingerprint density at radius 2 is 2.04 bits per heavy atom. The molecule has 1 saturated heterocycles. The SMILES string of the molecule is CC1=C\[C@@H](O)CC(=O)Cc2nc(co2)C(=O)N2CCC[C@@H]2C(=O)O[C@H]([C@H](C)CCOC(=O)Nc2ccn(C)n2)[C@H](C)/C=C/C(=O)NC\C=C\1. The van der Waals surface area contributed by atoms with Crippen LogP contribution < -0.4 is 10.6 Å². The fraction of sp³-hybridized carbons (Fsp3) is 0.500. The van der Waals surface area contributed by atoms with Crippen molar-refractivity contribution >= 4 is 35.5 Å². The van der Waals surface area contributed by atoms with Crippen LogP contribution in [0.2, 0.25) is 0 Å². The molecular weight excluding hydrogens is 636 g/mol. The lowest BCUT2D eigenvalue weighted by atomic mass is 9.90. The van der Waals surface area contributed by atoms with Crippen molar-refractivity contribution in [2.24, 2.45) is 18.9 Å². The van der Waals surface area contributed by atoms with Gasteiger partial charge in [0.05, 0.1) is 19.1 Å². The first kappa shape index (κ1) is 36.8. The highest BCUT2D eigenvalue weighted by molar-refractivity contribution is 5.95. The predicted octanol–water partition coefficient (Wildman–Crippen LogP) is 2.89. The summed E-state index contributed by atoms with van der Waals surface area (Å²) in [6, 6.07) is 0.740. The number of carbonyl (C=O) groups is 5. The number of aliphatic hydroxyl groups excluding tert-OH is 1. The van der Waals surface area contributed by atoms with Crippen molar-refractivity contribution in [1.82, 2.24) is 25.0 Å². The molecule has 49 heavy (non-hydrogen) atoms. The number of anilines is 1. The molecule has 0 unspecified atom stereocenters. The van der Waals surface area contributed by atoms with E-state index in [2.05, 4.69) is 20.7 Å². The second-order valence-corrected chi connectivity index (χ2v) is 12.3. The topological polar surface area (TPSA) is 195 Å². The number of nitrogens with one attached hydrogen (secondary N) is 2. The van der Waals surface area contributed by atoms with E-state index in [-0.39, 0.29) is 55.2 Å². The Hall–Kier alpha value is -5.05. The third-order valence-electron chi connectivity index (χ3n) is 8.20. The number of amides is 3. The van der Waals surface area contributed by atoms with E-state index < -0.39 is 42.1 Å². The zero-order valence-electron chi connectivity index (χ0n) is 28.2. The first-order valence-electron chi connectivity index (χ1n) is 16.3. The van der Waals surface area contributed by atoms with Crippen molar-refractivity contribution in [3.63, 3.8) is 0 Å². The summed E-state index contributed by atoms with van der Waals surface area (Å²) in [5, 5.41) is 19.7. The minimum absolute atomic E-state index is 0.0209. The van der Waals surface area contributed by atoms with Crippen LogP contribution in [0.3, 0.4) is 0 Å². The van der Waals surface area contributed by atoms with E-state index in [1.807, 2.05) is 13.8 Å². The van der Waals surface area contributed by atoms with E-state index in [1.54, 1.807) is 44.5 Å². The summed E-state index contributed by atoms with van der Waals surface area (Å²) >= 11 is 0. The van der Waals surface area contributed by atoms with E-state index in [0.717, 1.165) is 6.26 Å². The van der Waals surface area contributed by atoms with Gasteiger partial charge in [-0.3, -0.25) is 24.4 Å². The highest BCUT2D eigenvalue weighted by Gasteiger charge is 2.39. The highest BCUT2D eigenvalue weighted by Crippen LogP contribution is 2.27. The number of aryl methyl sites for hydroxylation is 1. The van der Waals surface area contributed by atoms with Crippen molar-refractivity contribution < 1.29 is 43.0 Å². The van der Waals surface area contributed by atoms with Crippen LogP contribution in [-0.4, -0.2) is 92.4 Å². The van der Waals surface area contributed by atoms with Gasteiger partial charge in [0.2, 0.25) is 11.8 Å². The Kier molecular flexibility index (Phi) is 13.0. The molecule has 2 bridgehead atoms. The number of rotatable bonds is 5. The van der Waals surface area contributed by atoms with Gasteiger partial charge in [0, 0.05) is 44.7 Å². The highest BCUT2D eigenvalue weighted by atomic mass is 16.6. The molecule has 5 atom stereocenters. The lowest BCUT2D eigenvalue weighted by Gasteiger charge is -2.31. The molecule has 3 amide bonds. The number of ketones is 1. The molecule has 15 heteroatoms. The molecule has 264 valence electrons. The standard InChI is InChI=1S/C34H44N6O9/c1-21-7-5-13-35-29(43)10-9-22(2)31(23(3)12-16-47-34(46)37-28-11-15-39(4)38-28)49-33(45)27-8-6-14-40(27)32(44)26-20-48-30(36-26)19-25(42)18-24(41)17-21/h5,7,9-11,15,17,20,22-24,27,31,41H,6,8,12-14,16,18-19H2,1-4H3,(H,35,43)(H,37,38,46)/b7-5+,10-9+,21-17+/t22-,23-,24-,27-,31+/m1/s1. The Balaban J connectivity index is 1.51. The Morgan fingerprint density at radius 3 is 2.80 bits per heavy atom. The molecule has 4 rings (SSSR count). The number of Topliss-reactive ketones (excluding diaryl/α,β-unsaturated/α-hetero) is 1. The van der Waals surface area contributed by atoms with Gasteiger partial charge in [-0.05, 0) is 38.2 Å². The minimum Gasteiger partial charge on any atom is -0.460 e. The fourth-order valence-electron chi connectivity index (χ4n) is 5.67. The Morgan fingerprint density at radius 1 is 1.24 bits per heavy atom. The Bertz CT molecular complexity index is 1590. The lowest BCUT2D eigenvalue weighted by molar-refractivity contribution is -0.158. The summed E-state index contributed by atoms with van der Waals surface area (Å²) in [4.78, 5) is 70.1. The van der Waals surface area contributed by atoms with Gasteiger partial charge in [-0.1, -0.05) is 43.7 Å². The maximum Gasteiger partial charge on any atom is 0.412 e. The second kappa shape index (κ2) is 17.4. The number of aliphatic hydroxyl groups is 1. The molecule has 1 fully saturated rings. The van der Waals surface area contributed by atoms with Crippen LogP contribution in [0.25, 0.3) is 0 Å². The van der Waals surface area contributed by atoms with Gasteiger partial charge >= 0.3 is 12.1 Å². The van der Waals surface area contributed by atoms with Crippen LogP contribution in [-0.2, 0) is 37.3 Å². The van der Waals surface area contributed by atoms with E-state index in [9.17, 15) is 29.1 Å². The smallest absolute Gasteiger partial charge is 0.412 e. The van der Waals surface area contributed by atoms with Gasteiger partial charge in [0.15, 0.2) is 11.5 Å². The third-order valence-corrected chi connectivity index (χ3v) is 8.20. The van der Waals surface area contributed by atoms with E-state index in [0.29, 0.717) is 37.2 Å². The van der Waals surface area contributed by atoms with E-state index >= 15 is 0 Å². The molecule has 3 N–H and O–H groups in total. The van der Waals surface area contributed by atoms with E-state index in [4.69, 9.17) is 13.9 Å². The molecule has 0 radical (unpaired) electrons. The number of hydrogen-bond donors (Lipinski definition) is 3. The van der Waals surface area contributed by atoms with Crippen molar-refractivity contribution in [2.75, 3.05) is 25.0 Å². The summed E-state index contributed by atoms with van der Waals surface area (Å²) in [5.41, 5.74) is 0.647. The number of hydrogen-bond acceptors (Lipinski definition) is 11. The molecule has 4 heterocycles. The molecule has 0 saturated carbocycles. The van der Waals surface area contributed by atoms with Crippen LogP contribution in [0.15, 0.2) is 58.9 Å². The summed E-state index contributed by atoms with van der Waals surface area (Å²) in [6.07, 6.45) is 9.20. The first-order valence-corrected chi connectivity index (χ1v) is 16.3. The maximum atomic E-state index is 13.6. The minimum atomic E-state index is -1.05. The maximum absolute atomic E-state index is 13.6. The molecule has 0 spiro atoms. The molecule has 0 aliphatic carbocycles. The number of aromatic nitrogens is 3.